The zero-order chi connectivity index (χ0) is 19.3. The van der Waals surface area contributed by atoms with Gasteiger partial charge in [0.2, 0.25) is 11.8 Å². The molecule has 9 heteroatoms. The van der Waals surface area contributed by atoms with E-state index in [2.05, 4.69) is 24.2 Å². The number of primary amides is 1. The van der Waals surface area contributed by atoms with Gasteiger partial charge in [0, 0.05) is 19.4 Å². The Morgan fingerprint density at radius 1 is 1.35 bits per heavy atom. The topological polar surface area (TPSA) is 131 Å². The fourth-order valence-corrected chi connectivity index (χ4v) is 3.61. The van der Waals surface area contributed by atoms with Crippen LogP contribution in [-0.2, 0) is 20.9 Å². The molecule has 3 N–H and O–H groups in total. The van der Waals surface area contributed by atoms with E-state index >= 15 is 0 Å². The molecule has 1 saturated heterocycles. The molecule has 2 rings (SSSR count). The zero-order valence-electron chi connectivity index (χ0n) is 15.3. The Morgan fingerprint density at radius 2 is 2.08 bits per heavy atom. The molecule has 2 unspecified atom stereocenters. The fraction of sp³-hybridized carbons (Fsp3) is 0.706. The van der Waals surface area contributed by atoms with E-state index in [1.54, 1.807) is 11.1 Å². The lowest BCUT2D eigenvalue weighted by atomic mass is 9.90. The van der Waals surface area contributed by atoms with Gasteiger partial charge in [-0.3, -0.25) is 14.4 Å². The molecule has 2 atom stereocenters. The SMILES string of the molecule is CC(C)CC(CC(N)=O)CC(=O)N1CCCC1c1cn(CC(=O)O)nn1. The van der Waals surface area contributed by atoms with Gasteiger partial charge in [-0.05, 0) is 31.1 Å². The smallest absolute Gasteiger partial charge is 0.325 e. The summed E-state index contributed by atoms with van der Waals surface area (Å²) in [5.74, 6) is -1.10. The minimum absolute atomic E-state index is 0.0211. The number of rotatable bonds is 9. The third-order valence-electron chi connectivity index (χ3n) is 4.53. The second-order valence-corrected chi connectivity index (χ2v) is 7.35. The molecule has 2 amide bonds. The highest BCUT2D eigenvalue weighted by molar-refractivity contribution is 5.79. The molecule has 0 bridgehead atoms. The standard InChI is InChI=1S/C17H27N5O4/c1-11(2)6-12(7-15(18)23)8-16(24)22-5-3-4-14(22)13-9-21(20-19-13)10-17(25)26/h9,11-12,14H,3-8,10H2,1-2H3,(H2,18,23)(H,25,26). The van der Waals surface area contributed by atoms with Crippen LogP contribution in [0.15, 0.2) is 6.20 Å². The third-order valence-corrected chi connectivity index (χ3v) is 4.53. The van der Waals surface area contributed by atoms with E-state index < -0.39 is 11.9 Å². The molecule has 0 spiro atoms. The Bertz CT molecular complexity index is 657. The Morgan fingerprint density at radius 3 is 2.69 bits per heavy atom. The molecule has 0 aliphatic carbocycles. The first-order chi connectivity index (χ1) is 12.3. The van der Waals surface area contributed by atoms with Crippen LogP contribution in [0.5, 0.6) is 0 Å². The fourth-order valence-electron chi connectivity index (χ4n) is 3.61. The Labute approximate surface area is 152 Å². The Balaban J connectivity index is 2.05. The van der Waals surface area contributed by atoms with Crippen molar-refractivity contribution in [1.29, 1.82) is 0 Å². The first-order valence-corrected chi connectivity index (χ1v) is 8.95. The maximum atomic E-state index is 12.8. The molecular formula is C17H27N5O4. The lowest BCUT2D eigenvalue weighted by Crippen LogP contribution is -2.33. The van der Waals surface area contributed by atoms with E-state index in [4.69, 9.17) is 10.8 Å². The van der Waals surface area contributed by atoms with Crippen molar-refractivity contribution in [3.8, 4) is 0 Å². The van der Waals surface area contributed by atoms with E-state index in [1.165, 1.54) is 4.68 Å². The van der Waals surface area contributed by atoms with Gasteiger partial charge in [-0.25, -0.2) is 4.68 Å². The maximum absolute atomic E-state index is 12.8. The van der Waals surface area contributed by atoms with Gasteiger partial charge in [0.15, 0.2) is 0 Å². The van der Waals surface area contributed by atoms with Gasteiger partial charge in [-0.15, -0.1) is 5.10 Å². The summed E-state index contributed by atoms with van der Waals surface area (Å²) in [7, 11) is 0. The van der Waals surface area contributed by atoms with Gasteiger partial charge in [-0.2, -0.15) is 0 Å². The molecule has 26 heavy (non-hydrogen) atoms. The van der Waals surface area contributed by atoms with E-state index in [9.17, 15) is 14.4 Å². The second-order valence-electron chi connectivity index (χ2n) is 7.35. The van der Waals surface area contributed by atoms with Crippen LogP contribution >= 0.6 is 0 Å². The van der Waals surface area contributed by atoms with Crippen LogP contribution in [-0.4, -0.2) is 49.3 Å². The number of aliphatic carboxylic acids is 1. The number of hydrogen-bond acceptors (Lipinski definition) is 5. The summed E-state index contributed by atoms with van der Waals surface area (Å²) < 4.78 is 1.26. The van der Waals surface area contributed by atoms with Crippen molar-refractivity contribution in [2.75, 3.05) is 6.54 Å². The van der Waals surface area contributed by atoms with E-state index in [0.717, 1.165) is 19.3 Å². The van der Waals surface area contributed by atoms with Crippen molar-refractivity contribution in [3.05, 3.63) is 11.9 Å². The number of aromatic nitrogens is 3. The molecule has 144 valence electrons. The summed E-state index contributed by atoms with van der Waals surface area (Å²) in [6, 6.07) is -0.196. The second kappa shape index (κ2) is 8.77. The summed E-state index contributed by atoms with van der Waals surface area (Å²) in [6.07, 6.45) is 4.45. The Hall–Kier alpha value is -2.45. The minimum Gasteiger partial charge on any atom is -0.480 e. The van der Waals surface area contributed by atoms with Crippen LogP contribution in [0.2, 0.25) is 0 Å². The number of amides is 2. The van der Waals surface area contributed by atoms with E-state index in [1.807, 2.05) is 0 Å². The number of carboxylic acid groups (broad SMARTS) is 1. The molecule has 9 nitrogen and oxygen atoms in total. The van der Waals surface area contributed by atoms with Crippen molar-refractivity contribution in [2.45, 2.75) is 58.5 Å². The molecule has 2 heterocycles. The third kappa shape index (κ3) is 5.53. The minimum atomic E-state index is -0.996. The summed E-state index contributed by atoms with van der Waals surface area (Å²) in [5, 5.41) is 16.7. The molecule has 1 aromatic heterocycles. The number of carbonyl (C=O) groups is 3. The highest BCUT2D eigenvalue weighted by Crippen LogP contribution is 2.32. The van der Waals surface area contributed by atoms with Gasteiger partial charge in [0.1, 0.15) is 12.2 Å². The molecule has 0 radical (unpaired) electrons. The van der Waals surface area contributed by atoms with Crippen LogP contribution < -0.4 is 5.73 Å². The normalized spacial score (nSPS) is 18.3. The largest absolute Gasteiger partial charge is 0.480 e. The highest BCUT2D eigenvalue weighted by atomic mass is 16.4. The maximum Gasteiger partial charge on any atom is 0.325 e. The number of hydrogen-bond donors (Lipinski definition) is 2. The van der Waals surface area contributed by atoms with Gasteiger partial charge >= 0.3 is 5.97 Å². The highest BCUT2D eigenvalue weighted by Gasteiger charge is 2.33. The van der Waals surface area contributed by atoms with Crippen LogP contribution in [0.4, 0.5) is 0 Å². The molecule has 1 fully saturated rings. The van der Waals surface area contributed by atoms with Crippen LogP contribution in [0.25, 0.3) is 0 Å². The molecule has 1 aromatic rings. The number of nitrogens with zero attached hydrogens (tertiary/aromatic N) is 4. The van der Waals surface area contributed by atoms with Crippen molar-refractivity contribution in [1.82, 2.24) is 19.9 Å². The number of carboxylic acids is 1. The molecule has 0 saturated carbocycles. The molecule has 1 aliphatic rings. The van der Waals surface area contributed by atoms with Gasteiger partial charge in [0.05, 0.1) is 12.2 Å². The van der Waals surface area contributed by atoms with Crippen molar-refractivity contribution in [3.63, 3.8) is 0 Å². The van der Waals surface area contributed by atoms with Crippen molar-refractivity contribution in [2.24, 2.45) is 17.6 Å². The predicted molar refractivity (Wildman–Crippen MR) is 92.7 cm³/mol. The van der Waals surface area contributed by atoms with E-state index in [-0.39, 0.29) is 37.3 Å². The Kier molecular flexibility index (Phi) is 6.70. The first kappa shape index (κ1) is 19.9. The van der Waals surface area contributed by atoms with Gasteiger partial charge in [-0.1, -0.05) is 19.1 Å². The molecular weight excluding hydrogens is 338 g/mol. The van der Waals surface area contributed by atoms with Crippen LogP contribution in [0, 0.1) is 11.8 Å². The van der Waals surface area contributed by atoms with Gasteiger partial charge < -0.3 is 15.7 Å². The van der Waals surface area contributed by atoms with Crippen LogP contribution in [0.3, 0.4) is 0 Å². The molecule has 1 aliphatic heterocycles. The lowest BCUT2D eigenvalue weighted by Gasteiger charge is -2.26. The summed E-state index contributed by atoms with van der Waals surface area (Å²) in [6.45, 7) is 4.47. The predicted octanol–water partition coefficient (Wildman–Crippen LogP) is 0.954. The molecule has 0 aromatic carbocycles. The van der Waals surface area contributed by atoms with Gasteiger partial charge in [0.25, 0.3) is 0 Å². The monoisotopic (exact) mass is 365 g/mol. The summed E-state index contributed by atoms with van der Waals surface area (Å²) in [4.78, 5) is 36.7. The average Bonchev–Trinajstić information content (AvgIpc) is 3.13. The van der Waals surface area contributed by atoms with Crippen molar-refractivity contribution >= 4 is 17.8 Å². The van der Waals surface area contributed by atoms with Crippen LogP contribution in [0.1, 0.15) is 57.7 Å². The number of nitrogens with two attached hydrogens (primary N) is 1. The quantitative estimate of drug-likeness (QED) is 0.670. The van der Waals surface area contributed by atoms with Crippen molar-refractivity contribution < 1.29 is 19.5 Å². The first-order valence-electron chi connectivity index (χ1n) is 8.95. The number of carbonyl (C=O) groups excluding carboxylic acids is 2. The number of likely N-dealkylation sites (tertiary alicyclic amines) is 1. The zero-order valence-corrected chi connectivity index (χ0v) is 15.3. The average molecular weight is 365 g/mol. The summed E-state index contributed by atoms with van der Waals surface area (Å²) >= 11 is 0. The van der Waals surface area contributed by atoms with E-state index in [0.29, 0.717) is 18.2 Å². The summed E-state index contributed by atoms with van der Waals surface area (Å²) in [5.41, 5.74) is 5.93. The lowest BCUT2D eigenvalue weighted by molar-refractivity contribution is -0.138.